The van der Waals surface area contributed by atoms with Crippen molar-refractivity contribution in [1.29, 1.82) is 0 Å². The summed E-state index contributed by atoms with van der Waals surface area (Å²) in [6.07, 6.45) is 1.02. The molecule has 0 spiro atoms. The molecule has 20 heavy (non-hydrogen) atoms. The molecule has 0 saturated heterocycles. The predicted molar refractivity (Wildman–Crippen MR) is 83.7 cm³/mol. The van der Waals surface area contributed by atoms with Gasteiger partial charge >= 0.3 is 0 Å². The van der Waals surface area contributed by atoms with Gasteiger partial charge in [-0.25, -0.2) is 4.98 Å². The summed E-state index contributed by atoms with van der Waals surface area (Å²) in [5.74, 6) is 0. The van der Waals surface area contributed by atoms with Crippen molar-refractivity contribution in [3.8, 4) is 22.4 Å². The lowest BCUT2D eigenvalue weighted by Gasteiger charge is -2.03. The van der Waals surface area contributed by atoms with E-state index >= 15 is 0 Å². The van der Waals surface area contributed by atoms with E-state index in [9.17, 15) is 0 Å². The van der Waals surface area contributed by atoms with Gasteiger partial charge in [-0.2, -0.15) is 0 Å². The first-order chi connectivity index (χ1) is 9.85. The lowest BCUT2D eigenvalue weighted by atomic mass is 10.0. The molecule has 0 atom stereocenters. The lowest BCUT2D eigenvalue weighted by Crippen LogP contribution is -1.94. The summed E-state index contributed by atoms with van der Waals surface area (Å²) >= 11 is 1.63. The lowest BCUT2D eigenvalue weighted by molar-refractivity contribution is 1.04. The molecule has 0 unspecified atom stereocenters. The highest BCUT2D eigenvalue weighted by molar-refractivity contribution is 7.09. The van der Waals surface area contributed by atoms with Crippen LogP contribution in [0.3, 0.4) is 0 Å². The first-order valence-corrected chi connectivity index (χ1v) is 7.59. The zero-order valence-electron chi connectivity index (χ0n) is 11.0. The minimum Gasteiger partial charge on any atom is -0.325 e. The third kappa shape index (κ3) is 1.79. The molecule has 1 aliphatic carbocycles. The highest BCUT2D eigenvalue weighted by atomic mass is 32.1. The predicted octanol–water partition coefficient (Wildman–Crippen LogP) is 3.84. The third-order valence-corrected chi connectivity index (χ3v) is 4.69. The number of benzene rings is 2. The van der Waals surface area contributed by atoms with Gasteiger partial charge in [0.15, 0.2) is 0 Å². The second-order valence-electron chi connectivity index (χ2n) is 5.04. The molecule has 2 N–H and O–H groups in total. The van der Waals surface area contributed by atoms with Gasteiger partial charge < -0.3 is 5.73 Å². The molecule has 4 rings (SSSR count). The highest BCUT2D eigenvalue weighted by Crippen LogP contribution is 2.38. The molecular formula is C17H14N2S. The zero-order valence-corrected chi connectivity index (χ0v) is 11.8. The Bertz CT molecular complexity index is 789. The summed E-state index contributed by atoms with van der Waals surface area (Å²) < 4.78 is 0. The fourth-order valence-corrected chi connectivity index (χ4v) is 3.53. The maximum atomic E-state index is 5.64. The van der Waals surface area contributed by atoms with Crippen molar-refractivity contribution in [3.63, 3.8) is 0 Å². The van der Waals surface area contributed by atoms with Gasteiger partial charge in [-0.15, -0.1) is 11.3 Å². The van der Waals surface area contributed by atoms with Crippen molar-refractivity contribution in [3.05, 3.63) is 64.0 Å². The van der Waals surface area contributed by atoms with Crippen LogP contribution in [0.5, 0.6) is 0 Å². The largest absolute Gasteiger partial charge is 0.325 e. The van der Waals surface area contributed by atoms with Crippen molar-refractivity contribution < 1.29 is 0 Å². The van der Waals surface area contributed by atoms with Gasteiger partial charge in [0.05, 0.1) is 5.69 Å². The van der Waals surface area contributed by atoms with E-state index in [1.54, 1.807) is 11.3 Å². The summed E-state index contributed by atoms with van der Waals surface area (Å²) in [5, 5.41) is 3.08. The van der Waals surface area contributed by atoms with Crippen LogP contribution in [0.15, 0.2) is 47.8 Å². The van der Waals surface area contributed by atoms with E-state index in [0.29, 0.717) is 6.54 Å². The zero-order chi connectivity index (χ0) is 13.5. The SMILES string of the molecule is NCc1nc(-c2ccc3c(c2)Cc2ccccc2-3)cs1. The van der Waals surface area contributed by atoms with E-state index in [1.807, 2.05) is 0 Å². The van der Waals surface area contributed by atoms with Crippen LogP contribution in [-0.2, 0) is 13.0 Å². The summed E-state index contributed by atoms with van der Waals surface area (Å²) in [6, 6.07) is 15.3. The second-order valence-corrected chi connectivity index (χ2v) is 5.98. The number of nitrogens with zero attached hydrogens (tertiary/aromatic N) is 1. The van der Waals surface area contributed by atoms with Gasteiger partial charge in [0.1, 0.15) is 5.01 Å². The number of hydrogen-bond donors (Lipinski definition) is 1. The van der Waals surface area contributed by atoms with Crippen LogP contribution in [0.2, 0.25) is 0 Å². The number of hydrogen-bond acceptors (Lipinski definition) is 3. The number of fused-ring (bicyclic) bond motifs is 3. The standard InChI is InChI=1S/C17H14N2S/c18-9-17-19-16(10-20-17)12-5-6-15-13(8-12)7-11-3-1-2-4-14(11)15/h1-6,8,10H,7,9,18H2. The molecule has 0 radical (unpaired) electrons. The van der Waals surface area contributed by atoms with E-state index < -0.39 is 0 Å². The first-order valence-electron chi connectivity index (χ1n) is 6.71. The molecule has 0 saturated carbocycles. The Morgan fingerprint density at radius 1 is 1.05 bits per heavy atom. The fourth-order valence-electron chi connectivity index (χ4n) is 2.84. The fraction of sp³-hybridized carbons (Fsp3) is 0.118. The Balaban J connectivity index is 1.78. The van der Waals surface area contributed by atoms with E-state index in [0.717, 1.165) is 17.1 Å². The van der Waals surface area contributed by atoms with E-state index in [2.05, 4.69) is 52.8 Å². The molecule has 0 aliphatic heterocycles. The van der Waals surface area contributed by atoms with Crippen LogP contribution in [0.25, 0.3) is 22.4 Å². The van der Waals surface area contributed by atoms with Crippen LogP contribution in [0.4, 0.5) is 0 Å². The molecule has 1 heterocycles. The Kier molecular flexibility index (Phi) is 2.69. The number of thiazole rings is 1. The Morgan fingerprint density at radius 3 is 2.75 bits per heavy atom. The summed E-state index contributed by atoms with van der Waals surface area (Å²) in [6.45, 7) is 0.515. The third-order valence-electron chi connectivity index (χ3n) is 3.82. The van der Waals surface area contributed by atoms with Crippen molar-refractivity contribution in [1.82, 2.24) is 4.98 Å². The molecule has 98 valence electrons. The number of nitrogens with two attached hydrogens (primary N) is 1. The average Bonchev–Trinajstić information content (AvgIpc) is 3.10. The summed E-state index contributed by atoms with van der Waals surface area (Å²) in [5.41, 5.74) is 13.4. The Labute approximate surface area is 121 Å². The normalized spacial score (nSPS) is 12.2. The van der Waals surface area contributed by atoms with E-state index in [-0.39, 0.29) is 0 Å². The molecule has 3 aromatic rings. The molecule has 0 amide bonds. The summed E-state index contributed by atoms with van der Waals surface area (Å²) in [4.78, 5) is 4.57. The molecule has 1 aliphatic rings. The average molecular weight is 278 g/mol. The van der Waals surface area contributed by atoms with Gasteiger partial charge in [-0.1, -0.05) is 36.4 Å². The van der Waals surface area contributed by atoms with Crippen LogP contribution < -0.4 is 5.73 Å². The van der Waals surface area contributed by atoms with Crippen molar-refractivity contribution in [2.75, 3.05) is 0 Å². The van der Waals surface area contributed by atoms with E-state index in [1.165, 1.54) is 27.8 Å². The minimum absolute atomic E-state index is 0.515. The maximum absolute atomic E-state index is 5.64. The molecule has 2 aromatic carbocycles. The van der Waals surface area contributed by atoms with Gasteiger partial charge in [0.25, 0.3) is 0 Å². The highest BCUT2D eigenvalue weighted by Gasteiger charge is 2.18. The molecule has 0 fully saturated rings. The van der Waals surface area contributed by atoms with Gasteiger partial charge in [0, 0.05) is 17.5 Å². The minimum atomic E-state index is 0.515. The van der Waals surface area contributed by atoms with Crippen LogP contribution in [0, 0.1) is 0 Å². The molecule has 0 bridgehead atoms. The number of aromatic nitrogens is 1. The van der Waals surface area contributed by atoms with Crippen LogP contribution in [0.1, 0.15) is 16.1 Å². The van der Waals surface area contributed by atoms with Gasteiger partial charge in [-0.05, 0) is 34.7 Å². The van der Waals surface area contributed by atoms with E-state index in [4.69, 9.17) is 5.73 Å². The molecular weight excluding hydrogens is 264 g/mol. The number of rotatable bonds is 2. The monoisotopic (exact) mass is 278 g/mol. The second kappa shape index (κ2) is 4.54. The smallest absolute Gasteiger partial charge is 0.107 e. The quantitative estimate of drug-likeness (QED) is 0.605. The summed E-state index contributed by atoms with van der Waals surface area (Å²) in [7, 11) is 0. The first kappa shape index (κ1) is 11.8. The molecule has 1 aromatic heterocycles. The Hall–Kier alpha value is -1.97. The van der Waals surface area contributed by atoms with Crippen molar-refractivity contribution in [2.24, 2.45) is 5.73 Å². The maximum Gasteiger partial charge on any atom is 0.107 e. The van der Waals surface area contributed by atoms with Gasteiger partial charge in [0.2, 0.25) is 0 Å². The van der Waals surface area contributed by atoms with Crippen LogP contribution >= 0.6 is 11.3 Å². The topological polar surface area (TPSA) is 38.9 Å². The van der Waals surface area contributed by atoms with Crippen molar-refractivity contribution in [2.45, 2.75) is 13.0 Å². The Morgan fingerprint density at radius 2 is 1.90 bits per heavy atom. The molecule has 2 nitrogen and oxygen atoms in total. The van der Waals surface area contributed by atoms with Gasteiger partial charge in [-0.3, -0.25) is 0 Å². The van der Waals surface area contributed by atoms with Crippen molar-refractivity contribution >= 4 is 11.3 Å². The molecule has 3 heteroatoms. The van der Waals surface area contributed by atoms with Crippen LogP contribution in [-0.4, -0.2) is 4.98 Å².